The van der Waals surface area contributed by atoms with E-state index in [1.165, 1.54) is 12.1 Å². The molecule has 0 fully saturated rings. The number of oxime groups is 1. The molecule has 0 N–H and O–H groups in total. The SMILES string of the molecule is CCO/N=C(\Cn1ccnc1)c1ccc(C#Cc2ccc(F)cc2)cc1. The lowest BCUT2D eigenvalue weighted by Gasteiger charge is -2.07. The molecule has 0 saturated heterocycles. The van der Waals surface area contributed by atoms with Crippen LogP contribution in [0.25, 0.3) is 0 Å². The van der Waals surface area contributed by atoms with Gasteiger partial charge >= 0.3 is 0 Å². The van der Waals surface area contributed by atoms with Crippen LogP contribution in [0.15, 0.2) is 72.4 Å². The summed E-state index contributed by atoms with van der Waals surface area (Å²) in [6, 6.07) is 13.9. The Labute approximate surface area is 152 Å². The van der Waals surface area contributed by atoms with Gasteiger partial charge in [0.15, 0.2) is 0 Å². The van der Waals surface area contributed by atoms with Crippen LogP contribution in [-0.2, 0) is 11.4 Å². The molecule has 0 aliphatic heterocycles. The van der Waals surface area contributed by atoms with Crippen LogP contribution in [0, 0.1) is 17.7 Å². The average molecular weight is 347 g/mol. The minimum atomic E-state index is -0.265. The smallest absolute Gasteiger partial charge is 0.123 e. The van der Waals surface area contributed by atoms with Gasteiger partial charge in [0.2, 0.25) is 0 Å². The molecule has 2 aromatic carbocycles. The molecule has 0 aliphatic rings. The van der Waals surface area contributed by atoms with Crippen LogP contribution in [0.5, 0.6) is 0 Å². The Morgan fingerprint density at radius 1 is 1.08 bits per heavy atom. The van der Waals surface area contributed by atoms with Gasteiger partial charge in [-0.2, -0.15) is 0 Å². The summed E-state index contributed by atoms with van der Waals surface area (Å²) in [6.45, 7) is 2.97. The van der Waals surface area contributed by atoms with Crippen molar-refractivity contribution in [3.05, 3.63) is 89.8 Å². The van der Waals surface area contributed by atoms with Crippen molar-refractivity contribution in [2.24, 2.45) is 5.16 Å². The molecular weight excluding hydrogens is 329 g/mol. The second kappa shape index (κ2) is 8.63. The van der Waals surface area contributed by atoms with E-state index in [2.05, 4.69) is 22.0 Å². The summed E-state index contributed by atoms with van der Waals surface area (Å²) in [6.07, 6.45) is 5.35. The van der Waals surface area contributed by atoms with Gasteiger partial charge in [-0.05, 0) is 43.3 Å². The Hall–Kier alpha value is -3.39. The van der Waals surface area contributed by atoms with E-state index in [0.29, 0.717) is 13.2 Å². The molecular formula is C21H18FN3O. The molecule has 3 aromatic rings. The zero-order valence-electron chi connectivity index (χ0n) is 14.4. The maximum atomic E-state index is 12.9. The van der Waals surface area contributed by atoms with E-state index in [1.807, 2.05) is 42.0 Å². The number of hydrogen-bond donors (Lipinski definition) is 0. The van der Waals surface area contributed by atoms with Crippen molar-refractivity contribution in [1.29, 1.82) is 0 Å². The van der Waals surface area contributed by atoms with Gasteiger partial charge in [0.1, 0.15) is 18.1 Å². The lowest BCUT2D eigenvalue weighted by molar-refractivity contribution is 0.158. The molecule has 5 heteroatoms. The zero-order valence-corrected chi connectivity index (χ0v) is 14.4. The minimum absolute atomic E-state index is 0.265. The predicted molar refractivity (Wildman–Crippen MR) is 99.2 cm³/mol. The Morgan fingerprint density at radius 2 is 1.73 bits per heavy atom. The molecule has 0 spiro atoms. The van der Waals surface area contributed by atoms with Gasteiger partial charge in [0, 0.05) is 29.1 Å². The van der Waals surface area contributed by atoms with Gasteiger partial charge in [-0.3, -0.25) is 0 Å². The highest BCUT2D eigenvalue weighted by atomic mass is 19.1. The first kappa shape index (κ1) is 17.4. The van der Waals surface area contributed by atoms with Gasteiger partial charge in [-0.25, -0.2) is 9.37 Å². The minimum Gasteiger partial charge on any atom is -0.396 e. The molecule has 0 amide bonds. The van der Waals surface area contributed by atoms with Crippen LogP contribution in [0.3, 0.4) is 0 Å². The third-order valence-electron chi connectivity index (χ3n) is 3.61. The normalized spacial score (nSPS) is 10.9. The molecule has 0 aliphatic carbocycles. The molecule has 0 bridgehead atoms. The molecule has 0 saturated carbocycles. The van der Waals surface area contributed by atoms with Crippen molar-refractivity contribution in [2.75, 3.05) is 6.61 Å². The van der Waals surface area contributed by atoms with Crippen LogP contribution in [0.1, 0.15) is 23.6 Å². The summed E-state index contributed by atoms with van der Waals surface area (Å²) in [5.41, 5.74) is 3.41. The zero-order chi connectivity index (χ0) is 18.2. The Kier molecular flexibility index (Phi) is 5.79. The number of benzene rings is 2. The van der Waals surface area contributed by atoms with Crippen molar-refractivity contribution in [2.45, 2.75) is 13.5 Å². The van der Waals surface area contributed by atoms with E-state index in [9.17, 15) is 4.39 Å². The first-order valence-electron chi connectivity index (χ1n) is 8.27. The quantitative estimate of drug-likeness (QED) is 0.399. The molecule has 0 atom stereocenters. The number of nitrogens with zero attached hydrogens (tertiary/aromatic N) is 3. The number of imidazole rings is 1. The van der Waals surface area contributed by atoms with Gasteiger partial charge < -0.3 is 9.40 Å². The monoisotopic (exact) mass is 347 g/mol. The maximum Gasteiger partial charge on any atom is 0.123 e. The van der Waals surface area contributed by atoms with E-state index < -0.39 is 0 Å². The van der Waals surface area contributed by atoms with E-state index in [4.69, 9.17) is 4.84 Å². The molecule has 1 heterocycles. The van der Waals surface area contributed by atoms with E-state index in [-0.39, 0.29) is 5.82 Å². The van der Waals surface area contributed by atoms with Crippen LogP contribution in [-0.4, -0.2) is 21.9 Å². The van der Waals surface area contributed by atoms with Gasteiger partial charge in [-0.1, -0.05) is 29.1 Å². The van der Waals surface area contributed by atoms with Crippen molar-refractivity contribution >= 4 is 5.71 Å². The Morgan fingerprint density at radius 3 is 2.31 bits per heavy atom. The second-order valence-electron chi connectivity index (χ2n) is 5.53. The lowest BCUT2D eigenvalue weighted by Crippen LogP contribution is -2.11. The Balaban J connectivity index is 1.77. The van der Waals surface area contributed by atoms with Crippen molar-refractivity contribution in [1.82, 2.24) is 9.55 Å². The van der Waals surface area contributed by atoms with Gasteiger partial charge in [-0.15, -0.1) is 0 Å². The van der Waals surface area contributed by atoms with Crippen molar-refractivity contribution in [3.63, 3.8) is 0 Å². The molecule has 130 valence electrons. The van der Waals surface area contributed by atoms with Crippen LogP contribution in [0.4, 0.5) is 4.39 Å². The molecule has 4 nitrogen and oxygen atoms in total. The summed E-state index contributed by atoms with van der Waals surface area (Å²) >= 11 is 0. The molecule has 0 unspecified atom stereocenters. The maximum absolute atomic E-state index is 12.9. The van der Waals surface area contributed by atoms with Crippen molar-refractivity contribution in [3.8, 4) is 11.8 Å². The largest absolute Gasteiger partial charge is 0.396 e. The van der Waals surface area contributed by atoms with Crippen LogP contribution >= 0.6 is 0 Å². The summed E-state index contributed by atoms with van der Waals surface area (Å²) in [5.74, 6) is 5.84. The summed E-state index contributed by atoms with van der Waals surface area (Å²) < 4.78 is 14.8. The van der Waals surface area contributed by atoms with E-state index in [1.54, 1.807) is 24.7 Å². The van der Waals surface area contributed by atoms with Gasteiger partial charge in [0.05, 0.1) is 12.9 Å². The number of hydrogen-bond acceptors (Lipinski definition) is 3. The first-order chi connectivity index (χ1) is 12.7. The highest BCUT2D eigenvalue weighted by molar-refractivity contribution is 6.00. The molecule has 0 radical (unpaired) electrons. The highest BCUT2D eigenvalue weighted by Crippen LogP contribution is 2.08. The van der Waals surface area contributed by atoms with Crippen molar-refractivity contribution < 1.29 is 9.23 Å². The Bertz CT molecular complexity index is 918. The number of aromatic nitrogens is 2. The summed E-state index contributed by atoms with van der Waals surface area (Å²) in [4.78, 5) is 9.29. The van der Waals surface area contributed by atoms with Crippen LogP contribution < -0.4 is 0 Å². The van der Waals surface area contributed by atoms with E-state index >= 15 is 0 Å². The fourth-order valence-corrected chi connectivity index (χ4v) is 2.29. The average Bonchev–Trinajstić information content (AvgIpc) is 3.18. The standard InChI is InChI=1S/C21H18FN3O/c1-2-26-24-21(15-25-14-13-23-16-25)19-9-5-17(6-10-19)3-4-18-7-11-20(22)12-8-18/h5-14,16H,2,15H2,1H3/b24-21+. The number of halogens is 1. The fraction of sp³-hybridized carbons (Fsp3) is 0.143. The second-order valence-corrected chi connectivity index (χ2v) is 5.53. The molecule has 3 rings (SSSR count). The number of rotatable bonds is 5. The van der Waals surface area contributed by atoms with Crippen LogP contribution in [0.2, 0.25) is 0 Å². The fourth-order valence-electron chi connectivity index (χ4n) is 2.29. The summed E-state index contributed by atoms with van der Waals surface area (Å²) in [5, 5.41) is 4.22. The topological polar surface area (TPSA) is 39.4 Å². The predicted octanol–water partition coefficient (Wildman–Crippen LogP) is 3.86. The molecule has 26 heavy (non-hydrogen) atoms. The molecule has 1 aromatic heterocycles. The first-order valence-corrected chi connectivity index (χ1v) is 8.27. The third kappa shape index (κ3) is 4.81. The summed E-state index contributed by atoms with van der Waals surface area (Å²) in [7, 11) is 0. The lowest BCUT2D eigenvalue weighted by atomic mass is 10.1. The van der Waals surface area contributed by atoms with Gasteiger partial charge in [0.25, 0.3) is 0 Å². The van der Waals surface area contributed by atoms with E-state index in [0.717, 1.165) is 22.4 Å². The highest BCUT2D eigenvalue weighted by Gasteiger charge is 2.06. The third-order valence-corrected chi connectivity index (χ3v) is 3.61.